The smallest absolute Gasteiger partial charge is 0.238 e. The first-order chi connectivity index (χ1) is 35.7. The summed E-state index contributed by atoms with van der Waals surface area (Å²) in [6, 6.07) is 84.9. The maximum absolute atomic E-state index is 5.51. The Morgan fingerprint density at radius 3 is 1.54 bits per heavy atom. The van der Waals surface area contributed by atoms with E-state index in [1.165, 1.54) is 33.2 Å². The van der Waals surface area contributed by atoms with Crippen LogP contribution < -0.4 is 0 Å². The molecular weight excluding hydrogens is 879 g/mol. The predicted molar refractivity (Wildman–Crippen MR) is 290 cm³/mol. The van der Waals surface area contributed by atoms with Crippen LogP contribution in [0.25, 0.3) is 117 Å². The van der Waals surface area contributed by atoms with Gasteiger partial charge in [0.25, 0.3) is 0 Å². The molecule has 1 aliphatic carbocycles. The fraction of sp³-hybridized carbons (Fsp3) is 0.0154. The van der Waals surface area contributed by atoms with Gasteiger partial charge in [0.15, 0.2) is 11.6 Å². The van der Waals surface area contributed by atoms with E-state index in [0.29, 0.717) is 17.6 Å². The molecule has 0 N–H and O–H groups in total. The minimum Gasteiger partial charge on any atom is -0.309 e. The molecule has 0 saturated carbocycles. The van der Waals surface area contributed by atoms with Crippen LogP contribution in [0.5, 0.6) is 0 Å². The van der Waals surface area contributed by atoms with Crippen LogP contribution in [0, 0.1) is 0 Å². The van der Waals surface area contributed by atoms with Crippen LogP contribution in [-0.4, -0.2) is 33.6 Å². The molecule has 16 rings (SSSR count). The maximum Gasteiger partial charge on any atom is 0.238 e. The van der Waals surface area contributed by atoms with Gasteiger partial charge in [-0.25, -0.2) is 9.97 Å². The van der Waals surface area contributed by atoms with Gasteiger partial charge in [-0.1, -0.05) is 170 Å². The average molecular weight is 918 g/mol. The summed E-state index contributed by atoms with van der Waals surface area (Å²) in [5.41, 5.74) is 18.4. The van der Waals surface area contributed by atoms with Crippen molar-refractivity contribution in [3.05, 3.63) is 259 Å². The van der Waals surface area contributed by atoms with Crippen molar-refractivity contribution < 1.29 is 0 Å². The summed E-state index contributed by atoms with van der Waals surface area (Å²) >= 11 is 0. The molecule has 7 heteroatoms. The standard InChI is InChI=1S/C65H39N7/c1-4-18-40(19-5-1)61-67-62(41-20-6-2-7-21-41)69-64(68-61)72-56-34-32-42(36-48(56)50-39-59-49(38-60(50)72)47-26-12-16-30-55(47)70(59)44-22-8-3-9-23-44)43-33-35-57-53(37-43)65(63-66-54-29-15-17-31-58(54)71(57)63)51-27-13-10-24-45(51)46-25-11-14-28-52(46)65/h1-39H. The van der Waals surface area contributed by atoms with Crippen molar-refractivity contribution in [1.29, 1.82) is 0 Å². The fourth-order valence-corrected chi connectivity index (χ4v) is 12.2. The second kappa shape index (κ2) is 14.7. The second-order valence-corrected chi connectivity index (χ2v) is 19.0. The Morgan fingerprint density at radius 2 is 0.833 bits per heavy atom. The van der Waals surface area contributed by atoms with Crippen LogP contribution in [0.1, 0.15) is 22.5 Å². The summed E-state index contributed by atoms with van der Waals surface area (Å²) in [6.45, 7) is 0. The second-order valence-electron chi connectivity index (χ2n) is 19.0. The van der Waals surface area contributed by atoms with Crippen molar-refractivity contribution in [2.24, 2.45) is 0 Å². The maximum atomic E-state index is 5.51. The Morgan fingerprint density at radius 1 is 0.306 bits per heavy atom. The van der Waals surface area contributed by atoms with E-state index in [9.17, 15) is 0 Å². The molecule has 0 bridgehead atoms. The van der Waals surface area contributed by atoms with Gasteiger partial charge in [0, 0.05) is 38.4 Å². The lowest BCUT2D eigenvalue weighted by molar-refractivity contribution is 0.738. The molecule has 2 aliphatic rings. The zero-order valence-corrected chi connectivity index (χ0v) is 38.6. The third kappa shape index (κ3) is 5.28. The SMILES string of the molecule is c1ccc(-c2nc(-c3ccccc3)nc(-n3c4ccc(-c5ccc6c(c5)C5(c7ccccc7-c7ccccc75)c5nc7ccccc7n5-6)cc4c4cc5c(cc43)c3ccccc3n5-c3ccccc3)n2)cc1. The molecule has 1 spiro atoms. The fourth-order valence-electron chi connectivity index (χ4n) is 12.2. The summed E-state index contributed by atoms with van der Waals surface area (Å²) in [5, 5.41) is 4.53. The Labute approximate surface area is 413 Å². The molecule has 0 atom stereocenters. The largest absolute Gasteiger partial charge is 0.309 e. The Kier molecular flexibility index (Phi) is 7.97. The Bertz CT molecular complexity index is 4460. The predicted octanol–water partition coefficient (Wildman–Crippen LogP) is 15.1. The number of imidazole rings is 1. The molecule has 14 aromatic rings. The van der Waals surface area contributed by atoms with E-state index in [0.717, 1.165) is 88.7 Å². The topological polar surface area (TPSA) is 66.3 Å². The van der Waals surface area contributed by atoms with E-state index in [2.05, 4.69) is 214 Å². The van der Waals surface area contributed by atoms with Crippen LogP contribution in [-0.2, 0) is 5.41 Å². The molecule has 334 valence electrons. The number of aromatic nitrogens is 7. The Hall–Kier alpha value is -9.72. The minimum atomic E-state index is -0.611. The number of hydrogen-bond acceptors (Lipinski definition) is 4. The molecule has 0 radical (unpaired) electrons. The molecule has 7 nitrogen and oxygen atoms in total. The lowest BCUT2D eigenvalue weighted by Crippen LogP contribution is -2.27. The van der Waals surface area contributed by atoms with Gasteiger partial charge < -0.3 is 4.57 Å². The lowest BCUT2D eigenvalue weighted by Gasteiger charge is -2.27. The summed E-state index contributed by atoms with van der Waals surface area (Å²) in [7, 11) is 0. The lowest BCUT2D eigenvalue weighted by atomic mass is 9.72. The first-order valence-electron chi connectivity index (χ1n) is 24.5. The van der Waals surface area contributed by atoms with Crippen molar-refractivity contribution in [3.63, 3.8) is 0 Å². The molecule has 5 heterocycles. The number of hydrogen-bond donors (Lipinski definition) is 0. The van der Waals surface area contributed by atoms with E-state index in [1.807, 2.05) is 36.4 Å². The molecule has 4 aromatic heterocycles. The molecule has 0 amide bonds. The van der Waals surface area contributed by atoms with Crippen LogP contribution in [0.2, 0.25) is 0 Å². The zero-order valence-electron chi connectivity index (χ0n) is 38.6. The van der Waals surface area contributed by atoms with Gasteiger partial charge in [0.1, 0.15) is 11.2 Å². The molecule has 0 fully saturated rings. The third-order valence-corrected chi connectivity index (χ3v) is 15.3. The van der Waals surface area contributed by atoms with Crippen molar-refractivity contribution in [2.45, 2.75) is 5.41 Å². The van der Waals surface area contributed by atoms with E-state index >= 15 is 0 Å². The quantitative estimate of drug-likeness (QED) is 0.172. The molecule has 0 unspecified atom stereocenters. The molecule has 1 aliphatic heterocycles. The van der Waals surface area contributed by atoms with Crippen molar-refractivity contribution >= 4 is 54.6 Å². The van der Waals surface area contributed by atoms with Crippen LogP contribution in [0.15, 0.2) is 237 Å². The first kappa shape index (κ1) is 39.2. The molecule has 0 saturated heterocycles. The number of nitrogens with zero attached hydrogens (tertiary/aromatic N) is 7. The summed E-state index contributed by atoms with van der Waals surface area (Å²) < 4.78 is 7.05. The van der Waals surface area contributed by atoms with Gasteiger partial charge in [-0.05, 0) is 106 Å². The highest BCUT2D eigenvalue weighted by Gasteiger charge is 2.54. The monoisotopic (exact) mass is 917 g/mol. The van der Waals surface area contributed by atoms with Gasteiger partial charge in [0.2, 0.25) is 5.95 Å². The van der Waals surface area contributed by atoms with Crippen LogP contribution in [0.3, 0.4) is 0 Å². The van der Waals surface area contributed by atoms with Crippen molar-refractivity contribution in [3.8, 4) is 62.4 Å². The summed E-state index contributed by atoms with van der Waals surface area (Å²) in [5.74, 6) is 2.82. The number of benzene rings is 10. The van der Waals surface area contributed by atoms with Gasteiger partial charge in [0.05, 0.1) is 38.8 Å². The van der Waals surface area contributed by atoms with Gasteiger partial charge in [-0.3, -0.25) is 9.13 Å². The highest BCUT2D eigenvalue weighted by atomic mass is 15.2. The minimum absolute atomic E-state index is 0.557. The first-order valence-corrected chi connectivity index (χ1v) is 24.5. The Balaban J connectivity index is 0.983. The molecule has 72 heavy (non-hydrogen) atoms. The van der Waals surface area contributed by atoms with E-state index in [-0.39, 0.29) is 0 Å². The third-order valence-electron chi connectivity index (χ3n) is 15.3. The van der Waals surface area contributed by atoms with Crippen LogP contribution >= 0.6 is 0 Å². The van der Waals surface area contributed by atoms with E-state index in [4.69, 9.17) is 19.9 Å². The normalized spacial score (nSPS) is 13.1. The van der Waals surface area contributed by atoms with Crippen LogP contribution in [0.4, 0.5) is 0 Å². The summed E-state index contributed by atoms with van der Waals surface area (Å²) in [6.07, 6.45) is 0. The number of para-hydroxylation sites is 4. The van der Waals surface area contributed by atoms with Gasteiger partial charge in [-0.2, -0.15) is 9.97 Å². The molecule has 10 aromatic carbocycles. The number of fused-ring (bicyclic) bond motifs is 18. The van der Waals surface area contributed by atoms with E-state index in [1.54, 1.807) is 0 Å². The van der Waals surface area contributed by atoms with Crippen molar-refractivity contribution in [1.82, 2.24) is 33.6 Å². The van der Waals surface area contributed by atoms with Crippen molar-refractivity contribution in [2.75, 3.05) is 0 Å². The van der Waals surface area contributed by atoms with Gasteiger partial charge in [-0.15, -0.1) is 0 Å². The number of rotatable bonds is 5. The van der Waals surface area contributed by atoms with E-state index < -0.39 is 5.41 Å². The highest BCUT2D eigenvalue weighted by Crippen LogP contribution is 2.61. The summed E-state index contributed by atoms with van der Waals surface area (Å²) in [4.78, 5) is 21.3. The zero-order chi connectivity index (χ0) is 47.1. The average Bonchev–Trinajstić information content (AvgIpc) is 4.23. The highest BCUT2D eigenvalue weighted by molar-refractivity contribution is 6.19. The van der Waals surface area contributed by atoms with Gasteiger partial charge >= 0.3 is 0 Å². The molecular formula is C65H39N7.